The minimum absolute atomic E-state index is 0.150. The Balaban J connectivity index is 1.72. The molecule has 2 aromatic rings. The van der Waals surface area contributed by atoms with Crippen molar-refractivity contribution in [3.05, 3.63) is 64.7 Å². The fourth-order valence-corrected chi connectivity index (χ4v) is 4.08. The summed E-state index contributed by atoms with van der Waals surface area (Å²) in [6.07, 6.45) is 2.36. The van der Waals surface area contributed by atoms with E-state index in [-0.39, 0.29) is 11.9 Å². The number of likely N-dealkylation sites (tertiary alicyclic amines) is 1. The molecule has 0 aromatic heterocycles. The first kappa shape index (κ1) is 17.4. The molecule has 0 N–H and O–H groups in total. The van der Waals surface area contributed by atoms with E-state index in [2.05, 4.69) is 17.0 Å². The van der Waals surface area contributed by atoms with Gasteiger partial charge in [-0.05, 0) is 49.7 Å². The number of ether oxygens (including phenoxy) is 1. The van der Waals surface area contributed by atoms with Gasteiger partial charge < -0.3 is 9.64 Å². The van der Waals surface area contributed by atoms with Crippen LogP contribution in [0.3, 0.4) is 0 Å². The summed E-state index contributed by atoms with van der Waals surface area (Å²) in [4.78, 5) is 17.4. The van der Waals surface area contributed by atoms with E-state index < -0.39 is 0 Å². The number of amides is 1. The SMILES string of the molecule is O=C(CN1CCCC1)N1CCOc2ccc(Cl)cc2C1c1ccccc1. The zero-order valence-corrected chi connectivity index (χ0v) is 15.5. The van der Waals surface area contributed by atoms with E-state index in [1.165, 1.54) is 12.8 Å². The Bertz CT molecular complexity index is 775. The summed E-state index contributed by atoms with van der Waals surface area (Å²) in [5.41, 5.74) is 2.03. The van der Waals surface area contributed by atoms with Crippen molar-refractivity contribution in [2.45, 2.75) is 18.9 Å². The highest BCUT2D eigenvalue weighted by molar-refractivity contribution is 6.30. The molecule has 1 atom stereocenters. The maximum absolute atomic E-state index is 13.2. The molecule has 1 amide bonds. The van der Waals surface area contributed by atoms with Crippen molar-refractivity contribution in [2.75, 3.05) is 32.8 Å². The van der Waals surface area contributed by atoms with E-state index >= 15 is 0 Å². The summed E-state index contributed by atoms with van der Waals surface area (Å²) >= 11 is 6.28. The summed E-state index contributed by atoms with van der Waals surface area (Å²) < 4.78 is 5.94. The van der Waals surface area contributed by atoms with Crippen molar-refractivity contribution in [3.63, 3.8) is 0 Å². The Kier molecular flexibility index (Phi) is 5.14. The monoisotopic (exact) mass is 370 g/mol. The van der Waals surface area contributed by atoms with Crippen LogP contribution in [0.15, 0.2) is 48.5 Å². The van der Waals surface area contributed by atoms with Gasteiger partial charge >= 0.3 is 0 Å². The lowest BCUT2D eigenvalue weighted by Gasteiger charge is -2.32. The fourth-order valence-electron chi connectivity index (χ4n) is 3.90. The lowest BCUT2D eigenvalue weighted by molar-refractivity contribution is -0.134. The highest BCUT2D eigenvalue weighted by Crippen LogP contribution is 2.38. The van der Waals surface area contributed by atoms with Crippen LogP contribution in [0.25, 0.3) is 0 Å². The number of carbonyl (C=O) groups is 1. The average Bonchev–Trinajstić information content (AvgIpc) is 3.08. The van der Waals surface area contributed by atoms with Gasteiger partial charge in [-0.3, -0.25) is 9.69 Å². The Morgan fingerprint density at radius 2 is 1.85 bits per heavy atom. The lowest BCUT2D eigenvalue weighted by atomic mass is 9.96. The number of nitrogens with zero attached hydrogens (tertiary/aromatic N) is 2. The second-order valence-corrected chi connectivity index (χ2v) is 7.35. The topological polar surface area (TPSA) is 32.8 Å². The van der Waals surface area contributed by atoms with Crippen LogP contribution in [-0.4, -0.2) is 48.5 Å². The van der Waals surface area contributed by atoms with Crippen molar-refractivity contribution >= 4 is 17.5 Å². The first-order valence-electron chi connectivity index (χ1n) is 9.21. The summed E-state index contributed by atoms with van der Waals surface area (Å²) in [5.74, 6) is 0.955. The second kappa shape index (κ2) is 7.68. The summed E-state index contributed by atoms with van der Waals surface area (Å²) in [6.45, 7) is 3.55. The smallest absolute Gasteiger partial charge is 0.237 e. The van der Waals surface area contributed by atoms with E-state index in [1.807, 2.05) is 41.3 Å². The standard InChI is InChI=1S/C21H23ClN2O2/c22-17-8-9-19-18(14-17)21(16-6-2-1-3-7-16)24(12-13-26-19)20(25)15-23-10-4-5-11-23/h1-3,6-9,14,21H,4-5,10-13,15H2. The van der Waals surface area contributed by atoms with Crippen LogP contribution in [0, 0.1) is 0 Å². The highest BCUT2D eigenvalue weighted by Gasteiger charge is 2.32. The van der Waals surface area contributed by atoms with Crippen molar-refractivity contribution in [1.29, 1.82) is 0 Å². The summed E-state index contributed by atoms with van der Waals surface area (Å²) in [5, 5.41) is 0.655. The second-order valence-electron chi connectivity index (χ2n) is 6.91. The van der Waals surface area contributed by atoms with Gasteiger partial charge in [0.1, 0.15) is 12.4 Å². The third-order valence-electron chi connectivity index (χ3n) is 5.16. The first-order valence-corrected chi connectivity index (χ1v) is 9.59. The lowest BCUT2D eigenvalue weighted by Crippen LogP contribution is -2.42. The van der Waals surface area contributed by atoms with Crippen molar-refractivity contribution in [3.8, 4) is 5.75 Å². The maximum Gasteiger partial charge on any atom is 0.237 e. The van der Waals surface area contributed by atoms with Crippen molar-refractivity contribution in [2.24, 2.45) is 0 Å². The molecule has 0 bridgehead atoms. The molecule has 4 nitrogen and oxygen atoms in total. The molecule has 2 aliphatic heterocycles. The Labute approximate surface area is 159 Å². The van der Waals surface area contributed by atoms with Crippen LogP contribution in [0.2, 0.25) is 5.02 Å². The third kappa shape index (κ3) is 3.57. The summed E-state index contributed by atoms with van der Waals surface area (Å²) in [6, 6.07) is 15.6. The van der Waals surface area contributed by atoms with E-state index in [1.54, 1.807) is 0 Å². The Morgan fingerprint density at radius 3 is 2.62 bits per heavy atom. The maximum atomic E-state index is 13.2. The molecule has 5 heteroatoms. The zero-order chi connectivity index (χ0) is 17.9. The molecule has 2 aromatic carbocycles. The fraction of sp³-hybridized carbons (Fsp3) is 0.381. The molecular weight excluding hydrogens is 348 g/mol. The van der Waals surface area contributed by atoms with Crippen LogP contribution in [0.1, 0.15) is 30.0 Å². The predicted octanol–water partition coefficient (Wildman–Crippen LogP) is 3.75. The number of rotatable bonds is 3. The molecule has 2 aliphatic rings. The van der Waals surface area contributed by atoms with E-state index in [9.17, 15) is 4.79 Å². The molecule has 0 spiro atoms. The van der Waals surface area contributed by atoms with Gasteiger partial charge in [0.05, 0.1) is 19.1 Å². The van der Waals surface area contributed by atoms with E-state index in [0.29, 0.717) is 24.7 Å². The number of benzene rings is 2. The van der Waals surface area contributed by atoms with Gasteiger partial charge in [-0.1, -0.05) is 41.9 Å². The van der Waals surface area contributed by atoms with E-state index in [0.717, 1.165) is 30.0 Å². The predicted molar refractivity (Wildman–Crippen MR) is 103 cm³/mol. The van der Waals surface area contributed by atoms with Crippen LogP contribution >= 0.6 is 11.6 Å². The highest BCUT2D eigenvalue weighted by atomic mass is 35.5. The summed E-state index contributed by atoms with van der Waals surface area (Å²) in [7, 11) is 0. The number of fused-ring (bicyclic) bond motifs is 1. The molecule has 136 valence electrons. The average molecular weight is 371 g/mol. The minimum atomic E-state index is -0.178. The third-order valence-corrected chi connectivity index (χ3v) is 5.40. The quantitative estimate of drug-likeness (QED) is 0.825. The molecule has 1 fully saturated rings. The van der Waals surface area contributed by atoms with Crippen LogP contribution in [-0.2, 0) is 4.79 Å². The number of carbonyl (C=O) groups excluding carboxylic acids is 1. The molecule has 26 heavy (non-hydrogen) atoms. The number of hydrogen-bond acceptors (Lipinski definition) is 3. The van der Waals surface area contributed by atoms with Gasteiger partial charge in [0.15, 0.2) is 0 Å². The van der Waals surface area contributed by atoms with Gasteiger partial charge in [0.25, 0.3) is 0 Å². The van der Waals surface area contributed by atoms with Gasteiger partial charge in [-0.15, -0.1) is 0 Å². The van der Waals surface area contributed by atoms with Crippen LogP contribution in [0.4, 0.5) is 0 Å². The molecule has 2 heterocycles. The molecule has 0 aliphatic carbocycles. The Morgan fingerprint density at radius 1 is 1.08 bits per heavy atom. The van der Waals surface area contributed by atoms with Gasteiger partial charge in [-0.25, -0.2) is 0 Å². The number of halogens is 1. The van der Waals surface area contributed by atoms with Gasteiger partial charge in [-0.2, -0.15) is 0 Å². The molecule has 0 radical (unpaired) electrons. The van der Waals surface area contributed by atoms with Crippen molar-refractivity contribution < 1.29 is 9.53 Å². The molecule has 4 rings (SSSR count). The molecule has 1 saturated heterocycles. The molecule has 1 unspecified atom stereocenters. The largest absolute Gasteiger partial charge is 0.491 e. The normalized spacial score (nSPS) is 20.3. The van der Waals surface area contributed by atoms with Crippen LogP contribution in [0.5, 0.6) is 5.75 Å². The molecular formula is C21H23ClN2O2. The minimum Gasteiger partial charge on any atom is -0.491 e. The zero-order valence-electron chi connectivity index (χ0n) is 14.7. The van der Waals surface area contributed by atoms with Crippen LogP contribution < -0.4 is 4.74 Å². The number of hydrogen-bond donors (Lipinski definition) is 0. The van der Waals surface area contributed by atoms with Crippen molar-refractivity contribution in [1.82, 2.24) is 9.80 Å². The van der Waals surface area contributed by atoms with E-state index in [4.69, 9.17) is 16.3 Å². The van der Waals surface area contributed by atoms with Gasteiger partial charge in [0, 0.05) is 10.6 Å². The molecule has 0 saturated carbocycles. The first-order chi connectivity index (χ1) is 12.7. The van der Waals surface area contributed by atoms with Gasteiger partial charge in [0.2, 0.25) is 5.91 Å². The Hall–Kier alpha value is -2.04.